The van der Waals surface area contributed by atoms with Crippen LogP contribution in [0.2, 0.25) is 0 Å². The summed E-state index contributed by atoms with van der Waals surface area (Å²) in [7, 11) is 0. The molecule has 1 aliphatic rings. The van der Waals surface area contributed by atoms with Crippen LogP contribution < -0.4 is 10.6 Å². The number of carbonyl (C=O) groups excluding carboxylic acids is 3. The largest absolute Gasteiger partial charge is 0.480 e. The van der Waals surface area contributed by atoms with Crippen LogP contribution in [-0.4, -0.2) is 68.8 Å². The van der Waals surface area contributed by atoms with E-state index in [1.54, 1.807) is 24.7 Å². The van der Waals surface area contributed by atoms with Crippen molar-refractivity contribution in [3.63, 3.8) is 0 Å². The normalized spacial score (nSPS) is 14.7. The van der Waals surface area contributed by atoms with Crippen LogP contribution in [0.25, 0.3) is 10.8 Å². The van der Waals surface area contributed by atoms with Gasteiger partial charge in [0.15, 0.2) is 0 Å². The van der Waals surface area contributed by atoms with Crippen molar-refractivity contribution in [3.8, 4) is 0 Å². The van der Waals surface area contributed by atoms with E-state index in [0.717, 1.165) is 21.4 Å². The highest BCUT2D eigenvalue weighted by Crippen LogP contribution is 2.28. The van der Waals surface area contributed by atoms with Gasteiger partial charge in [-0.2, -0.15) is 0 Å². The molecule has 2 aromatic carbocycles. The Morgan fingerprint density at radius 2 is 1.70 bits per heavy atom. The molecular weight excluding hydrogens is 474 g/mol. The minimum absolute atomic E-state index is 0.0314. The second-order valence-electron chi connectivity index (χ2n) is 9.65. The average molecular weight is 506 g/mol. The van der Waals surface area contributed by atoms with Gasteiger partial charge in [-0.15, -0.1) is 0 Å². The Morgan fingerprint density at radius 3 is 2.24 bits per heavy atom. The molecule has 4 rings (SSSR count). The molecule has 0 saturated carbocycles. The maximum absolute atomic E-state index is 13.0. The van der Waals surface area contributed by atoms with Crippen LogP contribution in [0.5, 0.6) is 0 Å². The molecule has 0 aliphatic carbocycles. The first kappa shape index (κ1) is 26.0. The summed E-state index contributed by atoms with van der Waals surface area (Å²) in [5.74, 6) is -2.20. The molecule has 194 valence electrons. The molecule has 2 atom stereocenters. The van der Waals surface area contributed by atoms with E-state index >= 15 is 0 Å². The third-order valence-electron chi connectivity index (χ3n) is 6.45. The third kappa shape index (κ3) is 6.03. The zero-order chi connectivity index (χ0) is 26.5. The Hall–Kier alpha value is -4.05. The summed E-state index contributed by atoms with van der Waals surface area (Å²) in [6.07, 6.45) is 4.21. The van der Waals surface area contributed by atoms with E-state index < -0.39 is 29.9 Å². The van der Waals surface area contributed by atoms with Crippen molar-refractivity contribution in [3.05, 3.63) is 65.7 Å². The van der Waals surface area contributed by atoms with Gasteiger partial charge in [-0.3, -0.25) is 29.4 Å². The highest BCUT2D eigenvalue weighted by Gasteiger charge is 2.37. The summed E-state index contributed by atoms with van der Waals surface area (Å²) in [5.41, 5.74) is 1.52. The molecule has 37 heavy (non-hydrogen) atoms. The van der Waals surface area contributed by atoms with Gasteiger partial charge in [0, 0.05) is 31.4 Å². The number of aromatic amines is 1. The van der Waals surface area contributed by atoms with Crippen molar-refractivity contribution in [2.45, 2.75) is 45.2 Å². The molecule has 1 aliphatic heterocycles. The van der Waals surface area contributed by atoms with Crippen LogP contribution in [0.3, 0.4) is 0 Å². The highest BCUT2D eigenvalue weighted by molar-refractivity contribution is 6.23. The maximum Gasteiger partial charge on any atom is 0.320 e. The standard InChI is InChI=1S/C27H31N5O5/c1-16(2)11-23(24(33)29-9-7-19-14-28-15-30-19)31-22(27(36)37)8-10-32-25(34)20-12-17-5-3-4-6-18(17)13-21(20)26(32)35/h3-6,12-16,22-23,31H,7-11H2,1-2H3,(H,28,30)(H,29,33)(H,36,37). The SMILES string of the molecule is CC(C)CC(NC(CCN1C(=O)c2cc3ccccc3cc2C1=O)C(=O)O)C(=O)NCCc1cnc[nH]1. The van der Waals surface area contributed by atoms with Crippen molar-refractivity contribution in [1.29, 1.82) is 0 Å². The molecule has 0 radical (unpaired) electrons. The van der Waals surface area contributed by atoms with E-state index in [4.69, 9.17) is 0 Å². The number of aliphatic carboxylic acids is 1. The molecule has 0 bridgehead atoms. The van der Waals surface area contributed by atoms with Crippen molar-refractivity contribution in [2.75, 3.05) is 13.1 Å². The topological polar surface area (TPSA) is 144 Å². The van der Waals surface area contributed by atoms with Crippen molar-refractivity contribution in [2.24, 2.45) is 5.92 Å². The number of hydrogen-bond donors (Lipinski definition) is 4. The lowest BCUT2D eigenvalue weighted by Gasteiger charge is -2.25. The van der Waals surface area contributed by atoms with Gasteiger partial charge in [-0.05, 0) is 41.7 Å². The lowest BCUT2D eigenvalue weighted by molar-refractivity contribution is -0.140. The smallest absolute Gasteiger partial charge is 0.320 e. The molecule has 2 unspecified atom stereocenters. The van der Waals surface area contributed by atoms with Crippen LogP contribution in [0.4, 0.5) is 0 Å². The van der Waals surface area contributed by atoms with Gasteiger partial charge in [0.1, 0.15) is 6.04 Å². The molecule has 10 nitrogen and oxygen atoms in total. The molecule has 0 saturated heterocycles. The Labute approximate surface area is 214 Å². The molecule has 1 aromatic heterocycles. The predicted octanol–water partition coefficient (Wildman–Crippen LogP) is 2.37. The fourth-order valence-electron chi connectivity index (χ4n) is 4.55. The molecule has 2 heterocycles. The molecule has 4 N–H and O–H groups in total. The van der Waals surface area contributed by atoms with Crippen molar-refractivity contribution < 1.29 is 24.3 Å². The fourth-order valence-corrected chi connectivity index (χ4v) is 4.55. The first-order chi connectivity index (χ1) is 17.7. The number of carboxylic acid groups (broad SMARTS) is 1. The second-order valence-corrected chi connectivity index (χ2v) is 9.65. The number of amides is 3. The monoisotopic (exact) mass is 505 g/mol. The molecular formula is C27H31N5O5. The molecule has 0 spiro atoms. The zero-order valence-electron chi connectivity index (χ0n) is 20.9. The summed E-state index contributed by atoms with van der Waals surface area (Å²) >= 11 is 0. The van der Waals surface area contributed by atoms with Crippen molar-refractivity contribution in [1.82, 2.24) is 25.5 Å². The molecule has 0 fully saturated rings. The lowest BCUT2D eigenvalue weighted by atomic mass is 10.0. The number of carboxylic acids is 1. The van der Waals surface area contributed by atoms with Crippen LogP contribution in [-0.2, 0) is 16.0 Å². The number of imidazole rings is 1. The van der Waals surface area contributed by atoms with Gasteiger partial charge in [0.05, 0.1) is 23.5 Å². The van der Waals surface area contributed by atoms with E-state index in [1.165, 1.54) is 0 Å². The Bertz CT molecular complexity index is 1250. The van der Waals surface area contributed by atoms with Gasteiger partial charge >= 0.3 is 5.97 Å². The number of rotatable bonds is 12. The van der Waals surface area contributed by atoms with Gasteiger partial charge in [0.25, 0.3) is 11.8 Å². The number of hydrogen-bond acceptors (Lipinski definition) is 6. The van der Waals surface area contributed by atoms with Gasteiger partial charge in [0.2, 0.25) is 5.91 Å². The van der Waals surface area contributed by atoms with Crippen LogP contribution >= 0.6 is 0 Å². The summed E-state index contributed by atoms with van der Waals surface area (Å²) in [6, 6.07) is 9.00. The van der Waals surface area contributed by atoms with E-state index in [0.29, 0.717) is 30.5 Å². The van der Waals surface area contributed by atoms with Crippen LogP contribution in [0.15, 0.2) is 48.9 Å². The highest BCUT2D eigenvalue weighted by atomic mass is 16.4. The third-order valence-corrected chi connectivity index (χ3v) is 6.45. The number of nitrogens with one attached hydrogen (secondary N) is 3. The number of aromatic nitrogens is 2. The summed E-state index contributed by atoms with van der Waals surface area (Å²) in [5, 5.41) is 17.4. The number of fused-ring (bicyclic) bond motifs is 2. The number of H-pyrrole nitrogens is 1. The van der Waals surface area contributed by atoms with Gasteiger partial charge < -0.3 is 15.4 Å². The Balaban J connectivity index is 1.41. The fraction of sp³-hybridized carbons (Fsp3) is 0.370. The predicted molar refractivity (Wildman–Crippen MR) is 137 cm³/mol. The van der Waals surface area contributed by atoms with Gasteiger partial charge in [-0.1, -0.05) is 38.1 Å². The summed E-state index contributed by atoms with van der Waals surface area (Å²) in [4.78, 5) is 58.9. The zero-order valence-corrected chi connectivity index (χ0v) is 20.9. The number of imide groups is 1. The Morgan fingerprint density at radius 1 is 1.05 bits per heavy atom. The summed E-state index contributed by atoms with van der Waals surface area (Å²) in [6.45, 7) is 4.19. The average Bonchev–Trinajstić information content (AvgIpc) is 3.46. The first-order valence-corrected chi connectivity index (χ1v) is 12.4. The van der Waals surface area contributed by atoms with E-state index in [9.17, 15) is 24.3 Å². The van der Waals surface area contributed by atoms with Gasteiger partial charge in [-0.25, -0.2) is 4.98 Å². The Kier molecular flexibility index (Phi) is 7.98. The van der Waals surface area contributed by atoms with Crippen LogP contribution in [0, 0.1) is 5.92 Å². The van der Waals surface area contributed by atoms with E-state index in [-0.39, 0.29) is 24.8 Å². The van der Waals surface area contributed by atoms with Crippen molar-refractivity contribution >= 4 is 34.5 Å². The van der Waals surface area contributed by atoms with E-state index in [2.05, 4.69) is 20.6 Å². The van der Waals surface area contributed by atoms with E-state index in [1.807, 2.05) is 38.1 Å². The number of nitrogens with zero attached hydrogens (tertiary/aromatic N) is 2. The maximum atomic E-state index is 13.0. The minimum Gasteiger partial charge on any atom is -0.480 e. The van der Waals surface area contributed by atoms with Crippen LogP contribution in [0.1, 0.15) is 53.1 Å². The summed E-state index contributed by atoms with van der Waals surface area (Å²) < 4.78 is 0. The molecule has 3 amide bonds. The lowest BCUT2D eigenvalue weighted by Crippen LogP contribution is -2.52. The number of benzene rings is 2. The number of carbonyl (C=O) groups is 4. The molecule has 3 aromatic rings. The minimum atomic E-state index is -1.15. The first-order valence-electron chi connectivity index (χ1n) is 12.4. The molecule has 10 heteroatoms. The quantitative estimate of drug-likeness (QED) is 0.277. The second kappa shape index (κ2) is 11.3.